The van der Waals surface area contributed by atoms with Gasteiger partial charge in [-0.15, -0.1) is 0 Å². The first-order valence-corrected chi connectivity index (χ1v) is 7.93. The van der Waals surface area contributed by atoms with Crippen molar-refractivity contribution in [1.29, 1.82) is 0 Å². The molecular formula is C18H17ClN4O. The van der Waals surface area contributed by atoms with Crippen LogP contribution in [0.5, 0.6) is 0 Å². The van der Waals surface area contributed by atoms with Gasteiger partial charge < -0.3 is 5.32 Å². The third-order valence-electron chi connectivity index (χ3n) is 3.75. The van der Waals surface area contributed by atoms with Gasteiger partial charge in [0.2, 0.25) is 0 Å². The molecule has 6 heteroatoms. The number of hydrogen-bond donors (Lipinski definition) is 1. The van der Waals surface area contributed by atoms with Gasteiger partial charge in [-0.05, 0) is 49.7 Å². The van der Waals surface area contributed by atoms with Crippen LogP contribution in [0.15, 0.2) is 48.8 Å². The fourth-order valence-corrected chi connectivity index (χ4v) is 2.53. The van der Waals surface area contributed by atoms with Crippen LogP contribution in [0, 0.1) is 13.8 Å². The van der Waals surface area contributed by atoms with Crippen molar-refractivity contribution in [3.8, 4) is 5.69 Å². The first-order chi connectivity index (χ1) is 11.6. The maximum Gasteiger partial charge on any atom is 0.251 e. The van der Waals surface area contributed by atoms with Gasteiger partial charge in [-0.25, -0.2) is 4.68 Å². The molecule has 0 fully saturated rings. The highest BCUT2D eigenvalue weighted by molar-refractivity contribution is 6.31. The average molecular weight is 341 g/mol. The molecule has 1 N–H and O–H groups in total. The van der Waals surface area contributed by atoms with Crippen LogP contribution in [0.3, 0.4) is 0 Å². The Morgan fingerprint density at radius 1 is 1.21 bits per heavy atom. The summed E-state index contributed by atoms with van der Waals surface area (Å²) in [5.41, 5.74) is 4.08. The van der Waals surface area contributed by atoms with Crippen LogP contribution in [0.1, 0.15) is 27.3 Å². The number of nitrogens with one attached hydrogen (secondary N) is 1. The third-order valence-corrected chi connectivity index (χ3v) is 4.30. The number of benzene rings is 1. The molecule has 3 rings (SSSR count). The van der Waals surface area contributed by atoms with Gasteiger partial charge in [0, 0.05) is 24.5 Å². The Labute approximate surface area is 145 Å². The summed E-state index contributed by atoms with van der Waals surface area (Å²) < 4.78 is 1.77. The van der Waals surface area contributed by atoms with E-state index < -0.39 is 0 Å². The molecule has 3 aromatic rings. The second-order valence-corrected chi connectivity index (χ2v) is 5.87. The molecule has 0 aliphatic rings. The highest BCUT2D eigenvalue weighted by Gasteiger charge is 2.11. The highest BCUT2D eigenvalue weighted by atomic mass is 35.5. The molecule has 0 saturated carbocycles. The monoisotopic (exact) mass is 340 g/mol. The summed E-state index contributed by atoms with van der Waals surface area (Å²) >= 11 is 6.18. The molecule has 1 amide bonds. The van der Waals surface area contributed by atoms with Gasteiger partial charge in [-0.3, -0.25) is 9.78 Å². The van der Waals surface area contributed by atoms with Crippen LogP contribution in [0.4, 0.5) is 0 Å². The number of nitrogens with zero attached hydrogens (tertiary/aromatic N) is 3. The number of rotatable bonds is 4. The van der Waals surface area contributed by atoms with Gasteiger partial charge in [0.25, 0.3) is 5.91 Å². The van der Waals surface area contributed by atoms with E-state index in [0.29, 0.717) is 17.1 Å². The van der Waals surface area contributed by atoms with Crippen LogP contribution < -0.4 is 5.32 Å². The Morgan fingerprint density at radius 3 is 2.54 bits per heavy atom. The average Bonchev–Trinajstić information content (AvgIpc) is 2.88. The van der Waals surface area contributed by atoms with Crippen LogP contribution in [-0.2, 0) is 6.54 Å². The van der Waals surface area contributed by atoms with E-state index in [1.165, 1.54) is 0 Å². The van der Waals surface area contributed by atoms with Crippen LogP contribution in [-0.4, -0.2) is 20.7 Å². The lowest BCUT2D eigenvalue weighted by atomic mass is 10.2. The fraction of sp³-hybridized carbons (Fsp3) is 0.167. The Kier molecular flexibility index (Phi) is 4.62. The van der Waals surface area contributed by atoms with E-state index in [-0.39, 0.29) is 5.91 Å². The van der Waals surface area contributed by atoms with E-state index in [1.54, 1.807) is 29.2 Å². The van der Waals surface area contributed by atoms with E-state index in [0.717, 1.165) is 22.6 Å². The van der Waals surface area contributed by atoms with Crippen molar-refractivity contribution in [3.05, 3.63) is 76.3 Å². The minimum Gasteiger partial charge on any atom is -0.348 e. The third kappa shape index (κ3) is 3.31. The number of halogens is 1. The molecule has 5 nitrogen and oxygen atoms in total. The SMILES string of the molecule is Cc1nn(-c2ccc(C(=O)NCc3cccnc3)cc2)c(C)c1Cl. The topological polar surface area (TPSA) is 59.8 Å². The fourth-order valence-electron chi connectivity index (χ4n) is 2.42. The number of hydrogen-bond acceptors (Lipinski definition) is 3. The standard InChI is InChI=1S/C18H17ClN4O/c1-12-17(19)13(2)23(22-12)16-7-5-15(6-8-16)18(24)21-11-14-4-3-9-20-10-14/h3-10H,11H2,1-2H3,(H,21,24). The largest absolute Gasteiger partial charge is 0.348 e. The molecule has 24 heavy (non-hydrogen) atoms. The number of aromatic nitrogens is 3. The summed E-state index contributed by atoms with van der Waals surface area (Å²) in [7, 11) is 0. The van der Waals surface area contributed by atoms with Crippen LogP contribution in [0.25, 0.3) is 5.69 Å². The summed E-state index contributed by atoms with van der Waals surface area (Å²) in [6.45, 7) is 4.23. The summed E-state index contributed by atoms with van der Waals surface area (Å²) in [5, 5.41) is 7.94. The zero-order chi connectivity index (χ0) is 17.1. The van der Waals surface area contributed by atoms with Crippen molar-refractivity contribution < 1.29 is 4.79 Å². The molecular weight excluding hydrogens is 324 g/mol. The van der Waals surface area contributed by atoms with E-state index in [9.17, 15) is 4.79 Å². The van der Waals surface area contributed by atoms with Crippen LogP contribution >= 0.6 is 11.6 Å². The van der Waals surface area contributed by atoms with Crippen molar-refractivity contribution >= 4 is 17.5 Å². The molecule has 0 aliphatic heterocycles. The van der Waals surface area contributed by atoms with Crippen molar-refractivity contribution in [1.82, 2.24) is 20.1 Å². The quantitative estimate of drug-likeness (QED) is 0.791. The molecule has 2 heterocycles. The van der Waals surface area contributed by atoms with E-state index in [2.05, 4.69) is 15.4 Å². The number of carbonyl (C=O) groups excluding carboxylic acids is 1. The molecule has 122 valence electrons. The summed E-state index contributed by atoms with van der Waals surface area (Å²) in [4.78, 5) is 16.2. The zero-order valence-corrected chi connectivity index (χ0v) is 14.2. The Bertz CT molecular complexity index is 857. The Balaban J connectivity index is 1.72. The molecule has 0 unspecified atom stereocenters. The molecule has 0 aliphatic carbocycles. The number of aryl methyl sites for hydroxylation is 1. The van der Waals surface area contributed by atoms with Crippen molar-refractivity contribution in [2.75, 3.05) is 0 Å². The minimum atomic E-state index is -0.128. The number of pyridine rings is 1. The molecule has 0 radical (unpaired) electrons. The molecule has 0 spiro atoms. The normalized spacial score (nSPS) is 10.6. The van der Waals surface area contributed by atoms with Crippen LogP contribution in [0.2, 0.25) is 5.02 Å². The van der Waals surface area contributed by atoms with Gasteiger partial charge in [0.05, 0.1) is 22.1 Å². The van der Waals surface area contributed by atoms with Gasteiger partial charge in [0.1, 0.15) is 0 Å². The lowest BCUT2D eigenvalue weighted by Gasteiger charge is -2.07. The first-order valence-electron chi connectivity index (χ1n) is 7.55. The second-order valence-electron chi connectivity index (χ2n) is 5.49. The van der Waals surface area contributed by atoms with E-state index in [1.807, 2.05) is 38.1 Å². The van der Waals surface area contributed by atoms with Gasteiger partial charge in [-0.2, -0.15) is 5.10 Å². The number of amides is 1. The Morgan fingerprint density at radius 2 is 1.96 bits per heavy atom. The van der Waals surface area contributed by atoms with Crippen molar-refractivity contribution in [2.24, 2.45) is 0 Å². The molecule has 2 aromatic heterocycles. The summed E-state index contributed by atoms with van der Waals surface area (Å²) in [6, 6.07) is 11.0. The maximum absolute atomic E-state index is 12.2. The zero-order valence-electron chi connectivity index (χ0n) is 13.5. The van der Waals surface area contributed by atoms with Gasteiger partial charge >= 0.3 is 0 Å². The summed E-state index contributed by atoms with van der Waals surface area (Å²) in [5.74, 6) is -0.128. The Hall–Kier alpha value is -2.66. The summed E-state index contributed by atoms with van der Waals surface area (Å²) in [6.07, 6.45) is 3.44. The predicted octanol–water partition coefficient (Wildman–Crippen LogP) is 3.47. The maximum atomic E-state index is 12.2. The number of carbonyl (C=O) groups is 1. The molecule has 0 atom stereocenters. The lowest BCUT2D eigenvalue weighted by Crippen LogP contribution is -2.22. The second kappa shape index (κ2) is 6.84. The smallest absolute Gasteiger partial charge is 0.251 e. The molecule has 1 aromatic carbocycles. The molecule has 0 bridgehead atoms. The lowest BCUT2D eigenvalue weighted by molar-refractivity contribution is 0.0951. The van der Waals surface area contributed by atoms with E-state index in [4.69, 9.17) is 11.6 Å². The first kappa shape index (κ1) is 16.2. The highest BCUT2D eigenvalue weighted by Crippen LogP contribution is 2.22. The van der Waals surface area contributed by atoms with Gasteiger partial charge in [-0.1, -0.05) is 17.7 Å². The predicted molar refractivity (Wildman–Crippen MR) is 93.5 cm³/mol. The van der Waals surface area contributed by atoms with Crippen molar-refractivity contribution in [2.45, 2.75) is 20.4 Å². The van der Waals surface area contributed by atoms with E-state index >= 15 is 0 Å². The van der Waals surface area contributed by atoms with Gasteiger partial charge in [0.15, 0.2) is 0 Å². The van der Waals surface area contributed by atoms with Crippen molar-refractivity contribution in [3.63, 3.8) is 0 Å². The molecule has 0 saturated heterocycles. The minimum absolute atomic E-state index is 0.128.